The molecule has 1 aliphatic rings. The maximum Gasteiger partial charge on any atom is 0.338 e. The molecule has 1 aliphatic carbocycles. The lowest BCUT2D eigenvalue weighted by molar-refractivity contribution is -0.991. The number of hydrogen-bond donors (Lipinski definition) is 2. The van der Waals surface area contributed by atoms with E-state index in [1.807, 2.05) is 0 Å². The molecule has 5 nitrogen and oxygen atoms in total. The minimum absolute atomic E-state index is 0.0247. The van der Waals surface area contributed by atoms with Crippen molar-refractivity contribution in [3.8, 4) is 0 Å². The van der Waals surface area contributed by atoms with Crippen molar-refractivity contribution in [2.75, 3.05) is 6.61 Å². The molecule has 3 atom stereocenters. The zero-order chi connectivity index (χ0) is 16.5. The van der Waals surface area contributed by atoms with Gasteiger partial charge in [0, 0.05) is 17.5 Å². The van der Waals surface area contributed by atoms with E-state index in [-0.39, 0.29) is 16.5 Å². The lowest BCUT2D eigenvalue weighted by Crippen LogP contribution is -2.99. The van der Waals surface area contributed by atoms with Crippen molar-refractivity contribution in [2.24, 2.45) is 16.7 Å². The first kappa shape index (κ1) is 16.9. The van der Waals surface area contributed by atoms with Crippen LogP contribution in [0.1, 0.15) is 50.9 Å². The first-order valence-electron chi connectivity index (χ1n) is 7.68. The fourth-order valence-electron chi connectivity index (χ4n) is 3.13. The minimum Gasteiger partial charge on any atom is -0.595 e. The van der Waals surface area contributed by atoms with Crippen LogP contribution in [0, 0.1) is 22.0 Å². The van der Waals surface area contributed by atoms with Gasteiger partial charge in [-0.3, -0.25) is 0 Å². The Morgan fingerprint density at radius 2 is 1.95 bits per heavy atom. The fraction of sp³-hybridized carbons (Fsp3) is 0.588. The Kier molecular flexibility index (Phi) is 4.61. The molecule has 2 N–H and O–H groups in total. The van der Waals surface area contributed by atoms with Crippen LogP contribution in [0.4, 0.5) is 5.69 Å². The number of ether oxygens (including phenoxy) is 1. The average molecular weight is 307 g/mol. The smallest absolute Gasteiger partial charge is 0.338 e. The lowest BCUT2D eigenvalue weighted by Gasteiger charge is -2.40. The van der Waals surface area contributed by atoms with Gasteiger partial charge in [0.2, 0.25) is 0 Å². The van der Waals surface area contributed by atoms with Crippen LogP contribution in [0.3, 0.4) is 0 Å². The summed E-state index contributed by atoms with van der Waals surface area (Å²) in [5, 5.41) is 18.7. The van der Waals surface area contributed by atoms with E-state index in [0.29, 0.717) is 18.1 Å². The Morgan fingerprint density at radius 3 is 2.41 bits per heavy atom. The number of benzene rings is 1. The standard InChI is InChI=1S/C17H25NO4/c1-12-9-10-17(4,16(12,2)3)11-22-15(19)13-5-7-14(8-6-13)18(20)21/h5-8,12,18,20H,9-11H2,1-4H3/t12-,17+/m0/s1. The van der Waals surface area contributed by atoms with Gasteiger partial charge in [0.1, 0.15) is 0 Å². The van der Waals surface area contributed by atoms with Gasteiger partial charge in [-0.15, -0.1) is 0 Å². The van der Waals surface area contributed by atoms with Gasteiger partial charge in [0.05, 0.1) is 12.2 Å². The first-order valence-corrected chi connectivity index (χ1v) is 7.68. The molecule has 22 heavy (non-hydrogen) atoms. The summed E-state index contributed by atoms with van der Waals surface area (Å²) >= 11 is 0. The second-order valence-corrected chi connectivity index (χ2v) is 7.18. The van der Waals surface area contributed by atoms with Crippen molar-refractivity contribution in [1.29, 1.82) is 0 Å². The SMILES string of the molecule is C[C@H]1CC[C@](C)(COC(=O)c2ccc([NH+]([O-])O)cc2)C1(C)C. The molecule has 0 aliphatic heterocycles. The zero-order valence-corrected chi connectivity index (χ0v) is 13.7. The molecule has 122 valence electrons. The maximum atomic E-state index is 12.1. The van der Waals surface area contributed by atoms with Crippen molar-refractivity contribution < 1.29 is 20.0 Å². The Bertz CT molecular complexity index is 538. The van der Waals surface area contributed by atoms with E-state index in [2.05, 4.69) is 27.7 Å². The molecule has 0 saturated heterocycles. The molecule has 0 heterocycles. The van der Waals surface area contributed by atoms with Gasteiger partial charge < -0.3 is 9.94 Å². The first-order chi connectivity index (χ1) is 10.2. The van der Waals surface area contributed by atoms with Gasteiger partial charge in [-0.05, 0) is 36.3 Å². The molecule has 0 radical (unpaired) electrons. The van der Waals surface area contributed by atoms with Crippen LogP contribution in [0.5, 0.6) is 0 Å². The quantitative estimate of drug-likeness (QED) is 0.662. The number of esters is 1. The van der Waals surface area contributed by atoms with E-state index in [1.165, 1.54) is 24.3 Å². The molecule has 1 aromatic carbocycles. The van der Waals surface area contributed by atoms with Gasteiger partial charge in [-0.1, -0.05) is 27.7 Å². The summed E-state index contributed by atoms with van der Waals surface area (Å²) in [7, 11) is 0. The van der Waals surface area contributed by atoms with Crippen molar-refractivity contribution >= 4 is 11.7 Å². The van der Waals surface area contributed by atoms with E-state index in [0.717, 1.165) is 12.8 Å². The summed E-state index contributed by atoms with van der Waals surface area (Å²) < 4.78 is 5.51. The van der Waals surface area contributed by atoms with Crippen LogP contribution in [0.25, 0.3) is 0 Å². The molecule has 1 fully saturated rings. The Hall–Kier alpha value is -1.43. The molecule has 5 heteroatoms. The summed E-state index contributed by atoms with van der Waals surface area (Å²) in [4.78, 5) is 12.1. The number of carbonyl (C=O) groups excluding carboxylic acids is 1. The number of hydrogen-bond acceptors (Lipinski definition) is 4. The van der Waals surface area contributed by atoms with Gasteiger partial charge in [-0.25, -0.2) is 10.0 Å². The van der Waals surface area contributed by atoms with E-state index >= 15 is 0 Å². The van der Waals surface area contributed by atoms with Crippen LogP contribution in [-0.2, 0) is 4.74 Å². The monoisotopic (exact) mass is 307 g/mol. The number of carbonyl (C=O) groups is 1. The van der Waals surface area contributed by atoms with Gasteiger partial charge in [0.15, 0.2) is 5.69 Å². The molecular formula is C17H25NO4. The summed E-state index contributed by atoms with van der Waals surface area (Å²) in [6.45, 7) is 9.29. The Labute approximate surface area is 131 Å². The van der Waals surface area contributed by atoms with Crippen molar-refractivity contribution in [3.63, 3.8) is 0 Å². The fourth-order valence-corrected chi connectivity index (χ4v) is 3.13. The third-order valence-corrected chi connectivity index (χ3v) is 5.81. The highest BCUT2D eigenvalue weighted by Crippen LogP contribution is 2.55. The van der Waals surface area contributed by atoms with Gasteiger partial charge in [-0.2, -0.15) is 5.23 Å². The Morgan fingerprint density at radius 1 is 1.36 bits per heavy atom. The van der Waals surface area contributed by atoms with E-state index in [9.17, 15) is 10.0 Å². The third-order valence-electron chi connectivity index (χ3n) is 5.81. The number of nitrogens with one attached hydrogen (secondary N) is 1. The van der Waals surface area contributed by atoms with Crippen LogP contribution < -0.4 is 5.23 Å². The third kappa shape index (κ3) is 3.02. The summed E-state index contributed by atoms with van der Waals surface area (Å²) in [5.74, 6) is 0.208. The van der Waals surface area contributed by atoms with Crippen LogP contribution >= 0.6 is 0 Å². The molecular weight excluding hydrogens is 282 g/mol. The average Bonchev–Trinajstić information content (AvgIpc) is 2.69. The van der Waals surface area contributed by atoms with Crippen LogP contribution in [-0.4, -0.2) is 17.8 Å². The van der Waals surface area contributed by atoms with E-state index < -0.39 is 11.2 Å². The Balaban J connectivity index is 2.01. The highest BCUT2D eigenvalue weighted by Gasteiger charge is 2.50. The normalized spacial score (nSPS) is 28.4. The summed E-state index contributed by atoms with van der Waals surface area (Å²) in [5.41, 5.74) is 0.649. The summed E-state index contributed by atoms with van der Waals surface area (Å²) in [6.07, 6.45) is 2.20. The van der Waals surface area contributed by atoms with Gasteiger partial charge in [0.25, 0.3) is 0 Å². The molecule has 1 aromatic rings. The van der Waals surface area contributed by atoms with Crippen LogP contribution in [0.2, 0.25) is 0 Å². The lowest BCUT2D eigenvalue weighted by atomic mass is 9.66. The molecule has 1 saturated carbocycles. The van der Waals surface area contributed by atoms with E-state index in [4.69, 9.17) is 9.94 Å². The van der Waals surface area contributed by atoms with E-state index in [1.54, 1.807) is 0 Å². The molecule has 0 bridgehead atoms. The number of quaternary nitrogens is 1. The molecule has 0 aromatic heterocycles. The predicted molar refractivity (Wildman–Crippen MR) is 82.8 cm³/mol. The number of rotatable bonds is 4. The topological polar surface area (TPSA) is 74.0 Å². The highest BCUT2D eigenvalue weighted by atomic mass is 16.8. The molecule has 0 amide bonds. The molecule has 0 spiro atoms. The highest BCUT2D eigenvalue weighted by molar-refractivity contribution is 5.89. The molecule has 2 rings (SSSR count). The second kappa shape index (κ2) is 5.99. The predicted octanol–water partition coefficient (Wildman–Crippen LogP) is 2.71. The van der Waals surface area contributed by atoms with Crippen molar-refractivity contribution in [2.45, 2.75) is 40.5 Å². The van der Waals surface area contributed by atoms with Crippen molar-refractivity contribution in [3.05, 3.63) is 35.0 Å². The second-order valence-electron chi connectivity index (χ2n) is 7.18. The van der Waals surface area contributed by atoms with Crippen molar-refractivity contribution in [1.82, 2.24) is 0 Å². The van der Waals surface area contributed by atoms with Gasteiger partial charge >= 0.3 is 5.97 Å². The molecule has 1 unspecified atom stereocenters. The summed E-state index contributed by atoms with van der Waals surface area (Å²) in [6, 6.07) is 5.83. The zero-order valence-electron chi connectivity index (χ0n) is 13.7. The minimum atomic E-state index is -1.01. The largest absolute Gasteiger partial charge is 0.595 e. The maximum absolute atomic E-state index is 12.1. The van der Waals surface area contributed by atoms with Crippen LogP contribution in [0.15, 0.2) is 24.3 Å².